The second-order valence-corrected chi connectivity index (χ2v) is 7.34. The van der Waals surface area contributed by atoms with Gasteiger partial charge in [-0.2, -0.15) is 0 Å². The van der Waals surface area contributed by atoms with E-state index >= 15 is 0 Å². The van der Waals surface area contributed by atoms with Gasteiger partial charge < -0.3 is 9.84 Å². The van der Waals surface area contributed by atoms with E-state index in [1.165, 1.54) is 0 Å². The zero-order valence-electron chi connectivity index (χ0n) is 12.6. The standard InChI is InChI=1S/C13H10BrNO4S2.C2H6/c14-8-5-7-1-3-19-11(7)10(6-8)21(18)15-9-2-4-20-12(9)13(16)17;1-2/h2,4-6,15H,1,3H2,(H,16,17);1-2H3. The molecule has 1 aromatic heterocycles. The summed E-state index contributed by atoms with van der Waals surface area (Å²) in [5.74, 6) is -0.420. The number of fused-ring (bicyclic) bond motifs is 1. The van der Waals surface area contributed by atoms with Crippen LogP contribution in [0, 0.1) is 0 Å². The third-order valence-corrected chi connectivity index (χ3v) is 5.44. The van der Waals surface area contributed by atoms with E-state index in [-0.39, 0.29) is 4.88 Å². The zero-order chi connectivity index (χ0) is 17.0. The molecule has 0 saturated heterocycles. The van der Waals surface area contributed by atoms with E-state index in [1.807, 2.05) is 19.9 Å². The molecule has 0 aliphatic carbocycles. The van der Waals surface area contributed by atoms with Gasteiger partial charge in [-0.05, 0) is 29.1 Å². The molecule has 2 aromatic rings. The molecule has 5 nitrogen and oxygen atoms in total. The molecule has 1 aliphatic rings. The van der Waals surface area contributed by atoms with E-state index in [2.05, 4.69) is 20.7 Å². The van der Waals surface area contributed by atoms with Gasteiger partial charge in [-0.1, -0.05) is 29.8 Å². The Morgan fingerprint density at radius 2 is 2.17 bits per heavy atom. The van der Waals surface area contributed by atoms with Gasteiger partial charge >= 0.3 is 5.97 Å². The number of halogens is 1. The van der Waals surface area contributed by atoms with E-state index in [0.717, 1.165) is 27.8 Å². The molecule has 0 amide bonds. The Balaban J connectivity index is 0.000000924. The number of hydrogen-bond acceptors (Lipinski definition) is 4. The summed E-state index contributed by atoms with van der Waals surface area (Å²) in [6, 6.07) is 5.27. The van der Waals surface area contributed by atoms with Crippen molar-refractivity contribution in [3.8, 4) is 5.75 Å². The molecule has 0 fully saturated rings. The van der Waals surface area contributed by atoms with E-state index in [1.54, 1.807) is 17.5 Å². The predicted octanol–water partition coefficient (Wildman–Crippen LogP) is 4.30. The Labute approximate surface area is 149 Å². The summed E-state index contributed by atoms with van der Waals surface area (Å²) in [4.78, 5) is 11.7. The molecular formula is C15H16BrNO4S2. The zero-order valence-corrected chi connectivity index (χ0v) is 15.8. The number of carboxylic acids is 1. The van der Waals surface area contributed by atoms with E-state index in [0.29, 0.717) is 22.9 Å². The van der Waals surface area contributed by atoms with Crippen molar-refractivity contribution in [2.45, 2.75) is 25.2 Å². The lowest BCUT2D eigenvalue weighted by Gasteiger charge is -2.10. The summed E-state index contributed by atoms with van der Waals surface area (Å²) < 4.78 is 21.6. The second-order valence-electron chi connectivity index (χ2n) is 4.33. The van der Waals surface area contributed by atoms with E-state index in [4.69, 9.17) is 9.84 Å². The van der Waals surface area contributed by atoms with Gasteiger partial charge in [0, 0.05) is 10.9 Å². The molecule has 0 bridgehead atoms. The number of carbonyl (C=O) groups is 1. The first-order valence-corrected chi connectivity index (χ1v) is 9.83. The van der Waals surface area contributed by atoms with Crippen LogP contribution in [0.4, 0.5) is 5.69 Å². The fourth-order valence-corrected chi connectivity index (χ4v) is 4.56. The number of benzene rings is 1. The number of aromatic carboxylic acids is 1. The SMILES string of the molecule is CC.O=C(O)c1sccc1NS(=O)c1cc(Br)cc2c1OCC2. The van der Waals surface area contributed by atoms with Gasteiger partial charge in [0.25, 0.3) is 0 Å². The van der Waals surface area contributed by atoms with Crippen molar-refractivity contribution in [2.24, 2.45) is 0 Å². The summed E-state index contributed by atoms with van der Waals surface area (Å²) in [7, 11) is -1.59. The normalized spacial score (nSPS) is 13.3. The molecule has 8 heteroatoms. The largest absolute Gasteiger partial charge is 0.492 e. The molecule has 23 heavy (non-hydrogen) atoms. The first-order chi connectivity index (χ1) is 11.1. The third-order valence-electron chi connectivity index (χ3n) is 2.98. The number of ether oxygens (including phenoxy) is 1. The highest BCUT2D eigenvalue weighted by Crippen LogP contribution is 2.35. The Bertz CT molecular complexity index is 745. The van der Waals surface area contributed by atoms with Gasteiger partial charge in [0.05, 0.1) is 12.3 Å². The van der Waals surface area contributed by atoms with E-state index in [9.17, 15) is 9.00 Å². The van der Waals surface area contributed by atoms with Gasteiger partial charge in [0.2, 0.25) is 0 Å². The number of thiophene rings is 1. The summed E-state index contributed by atoms with van der Waals surface area (Å²) in [6.45, 7) is 4.56. The molecule has 0 radical (unpaired) electrons. The lowest BCUT2D eigenvalue weighted by molar-refractivity contribution is 0.0703. The second kappa shape index (κ2) is 7.94. The molecule has 2 heterocycles. The van der Waals surface area contributed by atoms with Crippen molar-refractivity contribution in [3.05, 3.63) is 38.5 Å². The summed E-state index contributed by atoms with van der Waals surface area (Å²) in [6.07, 6.45) is 0.776. The molecule has 2 N–H and O–H groups in total. The molecule has 1 atom stereocenters. The minimum absolute atomic E-state index is 0.135. The average molecular weight is 418 g/mol. The highest BCUT2D eigenvalue weighted by molar-refractivity contribution is 9.10. The quantitative estimate of drug-likeness (QED) is 0.776. The summed E-state index contributed by atoms with van der Waals surface area (Å²) >= 11 is 4.48. The lowest BCUT2D eigenvalue weighted by atomic mass is 10.2. The van der Waals surface area contributed by atoms with Crippen LogP contribution in [0.15, 0.2) is 32.9 Å². The van der Waals surface area contributed by atoms with Crippen LogP contribution < -0.4 is 9.46 Å². The number of nitrogens with one attached hydrogen (secondary N) is 1. The van der Waals surface area contributed by atoms with Gasteiger partial charge in [-0.25, -0.2) is 9.00 Å². The number of hydrogen-bond donors (Lipinski definition) is 2. The average Bonchev–Trinajstić information content (AvgIpc) is 3.17. The molecule has 0 saturated carbocycles. The van der Waals surface area contributed by atoms with Crippen molar-refractivity contribution in [1.29, 1.82) is 0 Å². The van der Waals surface area contributed by atoms with Crippen molar-refractivity contribution in [3.63, 3.8) is 0 Å². The van der Waals surface area contributed by atoms with Crippen LogP contribution >= 0.6 is 27.3 Å². The smallest absolute Gasteiger partial charge is 0.348 e. The monoisotopic (exact) mass is 417 g/mol. The van der Waals surface area contributed by atoms with Crippen LogP contribution in [-0.2, 0) is 17.4 Å². The molecular weight excluding hydrogens is 402 g/mol. The fourth-order valence-electron chi connectivity index (χ4n) is 2.08. The van der Waals surface area contributed by atoms with Crippen molar-refractivity contribution in [2.75, 3.05) is 11.3 Å². The molecule has 3 rings (SSSR count). The molecule has 124 valence electrons. The van der Waals surface area contributed by atoms with Crippen LogP contribution in [0.5, 0.6) is 5.75 Å². The molecule has 1 aromatic carbocycles. The number of anilines is 1. The van der Waals surface area contributed by atoms with Crippen LogP contribution in [0.1, 0.15) is 29.1 Å². The minimum Gasteiger partial charge on any atom is -0.492 e. The molecule has 1 unspecified atom stereocenters. The topological polar surface area (TPSA) is 75.6 Å². The summed E-state index contributed by atoms with van der Waals surface area (Å²) in [5.41, 5.74) is 1.34. The van der Waals surface area contributed by atoms with Gasteiger partial charge in [-0.15, -0.1) is 11.3 Å². The highest BCUT2D eigenvalue weighted by atomic mass is 79.9. The van der Waals surface area contributed by atoms with Gasteiger partial charge in [-0.3, -0.25) is 4.72 Å². The van der Waals surface area contributed by atoms with Crippen LogP contribution in [0.3, 0.4) is 0 Å². The Hall–Kier alpha value is -1.38. The maximum absolute atomic E-state index is 12.5. The molecule has 1 aliphatic heterocycles. The fraction of sp³-hybridized carbons (Fsp3) is 0.267. The third kappa shape index (κ3) is 3.94. The van der Waals surface area contributed by atoms with Gasteiger partial charge in [0.15, 0.2) is 11.0 Å². The highest BCUT2D eigenvalue weighted by Gasteiger charge is 2.22. The Kier molecular flexibility index (Phi) is 6.20. The first kappa shape index (κ1) is 18.0. The van der Waals surface area contributed by atoms with Crippen LogP contribution in [0.25, 0.3) is 0 Å². The minimum atomic E-state index is -1.59. The van der Waals surface area contributed by atoms with E-state index < -0.39 is 17.0 Å². The van der Waals surface area contributed by atoms with Crippen molar-refractivity contribution < 1.29 is 18.8 Å². The summed E-state index contributed by atoms with van der Waals surface area (Å²) in [5, 5.41) is 10.7. The maximum atomic E-state index is 12.5. The maximum Gasteiger partial charge on any atom is 0.348 e. The Morgan fingerprint density at radius 3 is 2.87 bits per heavy atom. The first-order valence-electron chi connectivity index (χ1n) is 7.00. The van der Waals surface area contributed by atoms with Crippen LogP contribution in [0.2, 0.25) is 0 Å². The predicted molar refractivity (Wildman–Crippen MR) is 96.0 cm³/mol. The van der Waals surface area contributed by atoms with Crippen molar-refractivity contribution in [1.82, 2.24) is 0 Å². The van der Waals surface area contributed by atoms with Gasteiger partial charge in [0.1, 0.15) is 15.5 Å². The number of rotatable bonds is 4. The lowest BCUT2D eigenvalue weighted by Crippen LogP contribution is -2.08. The molecule has 0 spiro atoms. The Morgan fingerprint density at radius 1 is 1.43 bits per heavy atom. The number of carboxylic acid groups (broad SMARTS) is 1. The van der Waals surface area contributed by atoms with Crippen LogP contribution in [-0.4, -0.2) is 21.9 Å². The van der Waals surface area contributed by atoms with Crippen molar-refractivity contribution >= 4 is 49.9 Å².